The molecule has 2 aromatic rings. The molecule has 0 saturated carbocycles. The zero-order valence-electron chi connectivity index (χ0n) is 14.7. The Bertz CT molecular complexity index is 846. The summed E-state index contributed by atoms with van der Waals surface area (Å²) in [4.78, 5) is 25.9. The largest absolute Gasteiger partial charge is 0.495 e. The predicted octanol–water partition coefficient (Wildman–Crippen LogP) is 4.16. The lowest BCUT2D eigenvalue weighted by atomic mass is 10.3. The summed E-state index contributed by atoms with van der Waals surface area (Å²) in [5.41, 5.74) is 0.911. The Labute approximate surface area is 172 Å². The van der Waals surface area contributed by atoms with Crippen LogP contribution in [0.15, 0.2) is 36.4 Å². The van der Waals surface area contributed by atoms with Crippen molar-refractivity contribution in [3.05, 3.63) is 51.5 Å². The Morgan fingerprint density at radius 3 is 2.07 bits per heavy atom. The van der Waals surface area contributed by atoms with Gasteiger partial charge in [-0.05, 0) is 43.4 Å². The number of nitrogens with zero attached hydrogens (tertiary/aromatic N) is 1. The minimum atomic E-state index is -0.310. The van der Waals surface area contributed by atoms with E-state index in [9.17, 15) is 9.59 Å². The summed E-state index contributed by atoms with van der Waals surface area (Å²) in [6.45, 7) is -0.00348. The number of hydrogen-bond donors (Lipinski definition) is 2. The smallest absolute Gasteiger partial charge is 0.238 e. The molecule has 0 saturated heterocycles. The van der Waals surface area contributed by atoms with Crippen LogP contribution >= 0.6 is 34.8 Å². The van der Waals surface area contributed by atoms with E-state index in [4.69, 9.17) is 39.5 Å². The lowest BCUT2D eigenvalue weighted by Crippen LogP contribution is -2.36. The zero-order valence-corrected chi connectivity index (χ0v) is 17.0. The number of likely N-dealkylation sites (N-methyl/N-ethyl adjacent to an activating group) is 1. The molecule has 0 unspecified atom stereocenters. The maximum Gasteiger partial charge on any atom is 0.238 e. The molecule has 0 heterocycles. The maximum absolute atomic E-state index is 12.2. The molecular weight excluding hydrogens is 413 g/mol. The first-order valence-corrected chi connectivity index (χ1v) is 8.98. The summed E-state index contributed by atoms with van der Waals surface area (Å²) < 4.78 is 5.18. The number of amides is 2. The number of rotatable bonds is 7. The van der Waals surface area contributed by atoms with Crippen molar-refractivity contribution < 1.29 is 14.3 Å². The number of methoxy groups -OCH3 is 1. The van der Waals surface area contributed by atoms with Gasteiger partial charge in [0.2, 0.25) is 11.8 Å². The fraction of sp³-hybridized carbons (Fsp3) is 0.222. The fourth-order valence-corrected chi connectivity index (χ4v) is 2.92. The van der Waals surface area contributed by atoms with Gasteiger partial charge in [0.15, 0.2) is 0 Å². The van der Waals surface area contributed by atoms with Crippen molar-refractivity contribution in [3.63, 3.8) is 0 Å². The molecule has 0 atom stereocenters. The summed E-state index contributed by atoms with van der Waals surface area (Å²) in [6.07, 6.45) is 0. The quantitative estimate of drug-likeness (QED) is 0.692. The monoisotopic (exact) mass is 429 g/mol. The van der Waals surface area contributed by atoms with Gasteiger partial charge in [-0.25, -0.2) is 0 Å². The topological polar surface area (TPSA) is 70.7 Å². The minimum Gasteiger partial charge on any atom is -0.495 e. The Kier molecular flexibility index (Phi) is 7.74. The van der Waals surface area contributed by atoms with Crippen molar-refractivity contribution in [2.45, 2.75) is 0 Å². The van der Waals surface area contributed by atoms with E-state index in [0.29, 0.717) is 32.2 Å². The first-order chi connectivity index (χ1) is 12.8. The van der Waals surface area contributed by atoms with E-state index in [-0.39, 0.29) is 24.9 Å². The van der Waals surface area contributed by atoms with Crippen molar-refractivity contribution in [2.75, 3.05) is 37.9 Å². The molecule has 2 rings (SSSR count). The number of carbonyl (C=O) groups is 2. The lowest BCUT2D eigenvalue weighted by Gasteiger charge is -2.17. The summed E-state index contributed by atoms with van der Waals surface area (Å²) in [5, 5.41) is 6.67. The Hall–Kier alpha value is -1.99. The van der Waals surface area contributed by atoms with Gasteiger partial charge in [-0.15, -0.1) is 0 Å². The summed E-state index contributed by atoms with van der Waals surface area (Å²) in [5.74, 6) is -0.129. The first kappa shape index (κ1) is 21.3. The van der Waals surface area contributed by atoms with Crippen molar-refractivity contribution in [1.29, 1.82) is 0 Å². The van der Waals surface area contributed by atoms with Crippen molar-refractivity contribution in [1.82, 2.24) is 4.90 Å². The number of ether oxygens (including phenoxy) is 1. The number of carbonyl (C=O) groups excluding carboxylic acids is 2. The van der Waals surface area contributed by atoms with Crippen molar-refractivity contribution in [2.24, 2.45) is 0 Å². The van der Waals surface area contributed by atoms with E-state index >= 15 is 0 Å². The minimum absolute atomic E-state index is 0.000936. The van der Waals surface area contributed by atoms with E-state index in [2.05, 4.69) is 10.6 Å². The molecule has 0 aliphatic rings. The average molecular weight is 431 g/mol. The van der Waals surface area contributed by atoms with E-state index < -0.39 is 0 Å². The summed E-state index contributed by atoms with van der Waals surface area (Å²) in [7, 11) is 3.15. The van der Waals surface area contributed by atoms with Crippen LogP contribution < -0.4 is 15.4 Å². The van der Waals surface area contributed by atoms with Gasteiger partial charge in [0.05, 0.1) is 36.6 Å². The van der Waals surface area contributed by atoms with Gasteiger partial charge in [-0.1, -0.05) is 34.8 Å². The highest BCUT2D eigenvalue weighted by molar-refractivity contribution is 6.36. The number of anilines is 2. The van der Waals surface area contributed by atoms with E-state index in [1.54, 1.807) is 42.3 Å². The molecule has 0 aliphatic heterocycles. The van der Waals surface area contributed by atoms with Crippen LogP contribution in [0, 0.1) is 0 Å². The fourth-order valence-electron chi connectivity index (χ4n) is 2.29. The number of halogens is 3. The van der Waals surface area contributed by atoms with Crippen molar-refractivity contribution in [3.8, 4) is 5.75 Å². The Morgan fingerprint density at radius 2 is 1.48 bits per heavy atom. The van der Waals surface area contributed by atoms with E-state index in [0.717, 1.165) is 0 Å². The van der Waals surface area contributed by atoms with Crippen LogP contribution in [0.4, 0.5) is 11.4 Å². The first-order valence-electron chi connectivity index (χ1n) is 7.85. The van der Waals surface area contributed by atoms with Crippen LogP contribution in [0.25, 0.3) is 0 Å². The molecule has 144 valence electrons. The van der Waals surface area contributed by atoms with Crippen LogP contribution in [0.3, 0.4) is 0 Å². The van der Waals surface area contributed by atoms with Gasteiger partial charge in [0.25, 0.3) is 0 Å². The third kappa shape index (κ3) is 6.59. The second-order valence-corrected chi connectivity index (χ2v) is 7.02. The summed E-state index contributed by atoms with van der Waals surface area (Å²) >= 11 is 17.8. The second-order valence-electron chi connectivity index (χ2n) is 5.74. The third-order valence-corrected chi connectivity index (χ3v) is 4.25. The molecule has 0 spiro atoms. The summed E-state index contributed by atoms with van der Waals surface area (Å²) in [6, 6.07) is 9.68. The van der Waals surface area contributed by atoms with E-state index in [1.165, 1.54) is 13.2 Å². The van der Waals surface area contributed by atoms with Crippen LogP contribution in [-0.4, -0.2) is 44.0 Å². The van der Waals surface area contributed by atoms with Gasteiger partial charge in [0, 0.05) is 10.0 Å². The third-order valence-electron chi connectivity index (χ3n) is 3.47. The number of hydrogen-bond acceptors (Lipinski definition) is 4. The highest BCUT2D eigenvalue weighted by Gasteiger charge is 2.14. The molecule has 27 heavy (non-hydrogen) atoms. The molecule has 0 fully saturated rings. The number of benzene rings is 2. The molecule has 9 heteroatoms. The predicted molar refractivity (Wildman–Crippen MR) is 109 cm³/mol. The molecule has 2 amide bonds. The molecule has 6 nitrogen and oxygen atoms in total. The highest BCUT2D eigenvalue weighted by Crippen LogP contribution is 2.27. The normalized spacial score (nSPS) is 10.6. The van der Waals surface area contributed by atoms with Crippen LogP contribution in [0.5, 0.6) is 5.75 Å². The van der Waals surface area contributed by atoms with Gasteiger partial charge in [-0.3, -0.25) is 14.5 Å². The standard InChI is InChI=1S/C18H18Cl3N3O3/c1-24(9-17(25)22-14-5-3-11(19)7-13(14)21)10-18(26)23-15-8-12(20)4-6-16(15)27-2/h3-8H,9-10H2,1-2H3,(H,22,25)(H,23,26). The van der Waals surface area contributed by atoms with Gasteiger partial charge in [-0.2, -0.15) is 0 Å². The van der Waals surface area contributed by atoms with Crippen molar-refractivity contribution >= 4 is 58.0 Å². The molecule has 2 aromatic carbocycles. The molecule has 0 radical (unpaired) electrons. The van der Waals surface area contributed by atoms with Crippen LogP contribution in [0.2, 0.25) is 15.1 Å². The molecule has 2 N–H and O–H groups in total. The Morgan fingerprint density at radius 1 is 0.926 bits per heavy atom. The average Bonchev–Trinajstić information content (AvgIpc) is 2.57. The van der Waals surface area contributed by atoms with Crippen LogP contribution in [-0.2, 0) is 9.59 Å². The van der Waals surface area contributed by atoms with E-state index in [1.807, 2.05) is 0 Å². The van der Waals surface area contributed by atoms with Crippen LogP contribution in [0.1, 0.15) is 0 Å². The lowest BCUT2D eigenvalue weighted by molar-refractivity contribution is -0.119. The second kappa shape index (κ2) is 9.80. The highest BCUT2D eigenvalue weighted by atomic mass is 35.5. The van der Waals surface area contributed by atoms with Gasteiger partial charge >= 0.3 is 0 Å². The zero-order chi connectivity index (χ0) is 20.0. The van der Waals surface area contributed by atoms with Gasteiger partial charge in [0.1, 0.15) is 5.75 Å². The molecule has 0 aliphatic carbocycles. The Balaban J connectivity index is 1.89. The maximum atomic E-state index is 12.2. The molecule has 0 aromatic heterocycles. The molecular formula is C18H18Cl3N3O3. The SMILES string of the molecule is COc1ccc(Cl)cc1NC(=O)CN(C)CC(=O)Nc1ccc(Cl)cc1Cl. The molecule has 0 bridgehead atoms. The van der Waals surface area contributed by atoms with Gasteiger partial charge < -0.3 is 15.4 Å². The number of nitrogens with one attached hydrogen (secondary N) is 2.